The molecule has 0 spiro atoms. The topological polar surface area (TPSA) is 39.2 Å². The molecule has 0 aliphatic rings. The molecule has 0 saturated carbocycles. The van der Waals surface area contributed by atoms with Crippen molar-refractivity contribution in [1.82, 2.24) is 0 Å². The Kier molecular flexibility index (Phi) is 3.69. The van der Waals surface area contributed by atoms with Gasteiger partial charge in [0.1, 0.15) is 5.76 Å². The van der Waals surface area contributed by atoms with Gasteiger partial charge in [0.15, 0.2) is 0 Å². The smallest absolute Gasteiger partial charge is 0.105 e. The highest BCUT2D eigenvalue weighted by atomic mass is 79.9. The van der Waals surface area contributed by atoms with E-state index in [9.17, 15) is 0 Å². The lowest BCUT2D eigenvalue weighted by Gasteiger charge is -2.11. The van der Waals surface area contributed by atoms with E-state index in [1.807, 2.05) is 30.3 Å². The first kappa shape index (κ1) is 11.7. The molecule has 2 nitrogen and oxygen atoms in total. The molecular weight excluding hydrogens is 289 g/mol. The fraction of sp³-hybridized carbons (Fsp3) is 0.167. The summed E-state index contributed by atoms with van der Waals surface area (Å²) in [6.45, 7) is 0. The Labute approximate surface area is 108 Å². The van der Waals surface area contributed by atoms with Crippen molar-refractivity contribution in [3.05, 3.63) is 57.4 Å². The summed E-state index contributed by atoms with van der Waals surface area (Å²) in [5, 5.41) is 0.689. The molecule has 4 heteroatoms. The Bertz CT molecular complexity index is 470. The number of halogens is 2. The molecule has 84 valence electrons. The van der Waals surface area contributed by atoms with Crippen LogP contribution in [0.4, 0.5) is 0 Å². The van der Waals surface area contributed by atoms with E-state index < -0.39 is 0 Å². The van der Waals surface area contributed by atoms with Crippen molar-refractivity contribution in [2.45, 2.75) is 12.5 Å². The molecule has 0 aliphatic heterocycles. The summed E-state index contributed by atoms with van der Waals surface area (Å²) in [5.74, 6) is 0.888. The van der Waals surface area contributed by atoms with Crippen molar-refractivity contribution in [2.75, 3.05) is 0 Å². The molecule has 1 aromatic heterocycles. The Morgan fingerprint density at radius 3 is 2.81 bits per heavy atom. The standard InChI is InChI=1S/C12H11BrClNO/c13-10-6-8(3-4-11(10)14)12(15)7-9-2-1-5-16-9/h1-6,12H,7,15H2. The third-order valence-corrected chi connectivity index (χ3v) is 3.59. The summed E-state index contributed by atoms with van der Waals surface area (Å²) in [5.41, 5.74) is 7.12. The maximum Gasteiger partial charge on any atom is 0.105 e. The molecule has 0 saturated heterocycles. The SMILES string of the molecule is NC(Cc1ccco1)c1ccc(Cl)c(Br)c1. The number of furan rings is 1. The lowest BCUT2D eigenvalue weighted by Crippen LogP contribution is -2.12. The van der Waals surface area contributed by atoms with E-state index in [0.717, 1.165) is 15.8 Å². The highest BCUT2D eigenvalue weighted by molar-refractivity contribution is 9.10. The lowest BCUT2D eigenvalue weighted by molar-refractivity contribution is 0.488. The molecule has 16 heavy (non-hydrogen) atoms. The van der Waals surface area contributed by atoms with Gasteiger partial charge in [-0.1, -0.05) is 17.7 Å². The summed E-state index contributed by atoms with van der Waals surface area (Å²) in [7, 11) is 0. The average molecular weight is 301 g/mol. The largest absolute Gasteiger partial charge is 0.469 e. The van der Waals surface area contributed by atoms with Gasteiger partial charge in [-0.3, -0.25) is 0 Å². The van der Waals surface area contributed by atoms with Crippen LogP contribution in [0.5, 0.6) is 0 Å². The van der Waals surface area contributed by atoms with E-state index >= 15 is 0 Å². The van der Waals surface area contributed by atoms with Crippen LogP contribution in [0.3, 0.4) is 0 Å². The zero-order valence-electron chi connectivity index (χ0n) is 8.49. The van der Waals surface area contributed by atoms with Crippen LogP contribution in [0.15, 0.2) is 45.5 Å². The Hall–Kier alpha value is -0.770. The van der Waals surface area contributed by atoms with Gasteiger partial charge in [0.05, 0.1) is 11.3 Å². The van der Waals surface area contributed by atoms with Gasteiger partial charge in [-0.05, 0) is 45.8 Å². The Morgan fingerprint density at radius 2 is 2.19 bits per heavy atom. The highest BCUT2D eigenvalue weighted by Crippen LogP contribution is 2.26. The van der Waals surface area contributed by atoms with Crippen molar-refractivity contribution in [2.24, 2.45) is 5.73 Å². The van der Waals surface area contributed by atoms with E-state index in [-0.39, 0.29) is 6.04 Å². The average Bonchev–Trinajstić information content (AvgIpc) is 2.74. The van der Waals surface area contributed by atoms with E-state index in [4.69, 9.17) is 21.8 Å². The first-order valence-corrected chi connectivity index (χ1v) is 6.07. The molecule has 2 rings (SSSR count). The molecule has 0 radical (unpaired) electrons. The van der Waals surface area contributed by atoms with E-state index in [1.54, 1.807) is 6.26 Å². The van der Waals surface area contributed by atoms with Gasteiger partial charge in [-0.25, -0.2) is 0 Å². The molecule has 2 N–H and O–H groups in total. The summed E-state index contributed by atoms with van der Waals surface area (Å²) < 4.78 is 6.12. The van der Waals surface area contributed by atoms with E-state index in [1.165, 1.54) is 0 Å². The molecule has 0 amide bonds. The quantitative estimate of drug-likeness (QED) is 0.932. The Morgan fingerprint density at radius 1 is 1.38 bits per heavy atom. The number of benzene rings is 1. The molecular formula is C12H11BrClNO. The van der Waals surface area contributed by atoms with Gasteiger partial charge in [0.2, 0.25) is 0 Å². The van der Waals surface area contributed by atoms with Crippen LogP contribution >= 0.6 is 27.5 Å². The van der Waals surface area contributed by atoms with Crippen molar-refractivity contribution < 1.29 is 4.42 Å². The Balaban J connectivity index is 2.14. The summed E-state index contributed by atoms with van der Waals surface area (Å²) in [6, 6.07) is 9.41. The van der Waals surface area contributed by atoms with Gasteiger partial charge < -0.3 is 10.2 Å². The number of hydrogen-bond acceptors (Lipinski definition) is 2. The summed E-state index contributed by atoms with van der Waals surface area (Å²) >= 11 is 9.30. The lowest BCUT2D eigenvalue weighted by atomic mass is 10.0. The molecule has 2 aromatic rings. The molecule has 0 fully saturated rings. The fourth-order valence-corrected chi connectivity index (χ4v) is 2.02. The van der Waals surface area contributed by atoms with Gasteiger partial charge in [0.25, 0.3) is 0 Å². The van der Waals surface area contributed by atoms with Crippen molar-refractivity contribution in [1.29, 1.82) is 0 Å². The first-order valence-electron chi connectivity index (χ1n) is 4.89. The van der Waals surface area contributed by atoms with E-state index in [0.29, 0.717) is 11.4 Å². The maximum atomic E-state index is 6.08. The number of rotatable bonds is 3. The van der Waals surface area contributed by atoms with Gasteiger partial charge in [-0.2, -0.15) is 0 Å². The van der Waals surface area contributed by atoms with Gasteiger partial charge in [0, 0.05) is 16.9 Å². The van der Waals surface area contributed by atoms with Crippen molar-refractivity contribution in [3.63, 3.8) is 0 Å². The molecule has 1 aromatic carbocycles. The second-order valence-electron chi connectivity index (χ2n) is 3.56. The second kappa shape index (κ2) is 5.04. The molecule has 0 aliphatic carbocycles. The predicted molar refractivity (Wildman–Crippen MR) is 68.5 cm³/mol. The third-order valence-electron chi connectivity index (χ3n) is 2.37. The van der Waals surface area contributed by atoms with Crippen LogP contribution < -0.4 is 5.73 Å². The summed E-state index contributed by atoms with van der Waals surface area (Å²) in [4.78, 5) is 0. The second-order valence-corrected chi connectivity index (χ2v) is 4.83. The van der Waals surface area contributed by atoms with Crippen LogP contribution in [0.2, 0.25) is 5.02 Å². The van der Waals surface area contributed by atoms with Gasteiger partial charge in [-0.15, -0.1) is 0 Å². The normalized spacial score (nSPS) is 12.7. The minimum absolute atomic E-state index is 0.0836. The van der Waals surface area contributed by atoms with Crippen LogP contribution in [0.25, 0.3) is 0 Å². The monoisotopic (exact) mass is 299 g/mol. The summed E-state index contributed by atoms with van der Waals surface area (Å²) in [6.07, 6.45) is 2.33. The minimum atomic E-state index is -0.0836. The zero-order valence-corrected chi connectivity index (χ0v) is 10.8. The fourth-order valence-electron chi connectivity index (χ4n) is 1.51. The highest BCUT2D eigenvalue weighted by Gasteiger charge is 2.10. The number of nitrogens with two attached hydrogens (primary N) is 1. The van der Waals surface area contributed by atoms with Crippen LogP contribution in [-0.4, -0.2) is 0 Å². The van der Waals surface area contributed by atoms with Crippen molar-refractivity contribution in [3.8, 4) is 0 Å². The molecule has 1 unspecified atom stereocenters. The predicted octanol–water partition coefficient (Wildman–Crippen LogP) is 3.94. The van der Waals surface area contributed by atoms with Crippen LogP contribution in [0, 0.1) is 0 Å². The zero-order chi connectivity index (χ0) is 11.5. The molecule has 0 bridgehead atoms. The van der Waals surface area contributed by atoms with Gasteiger partial charge >= 0.3 is 0 Å². The third kappa shape index (κ3) is 2.67. The maximum absolute atomic E-state index is 6.08. The first-order chi connectivity index (χ1) is 7.66. The molecule has 1 heterocycles. The van der Waals surface area contributed by atoms with Crippen molar-refractivity contribution >= 4 is 27.5 Å². The molecule has 1 atom stereocenters. The number of hydrogen-bond donors (Lipinski definition) is 1. The van der Waals surface area contributed by atoms with Crippen LogP contribution in [-0.2, 0) is 6.42 Å². The minimum Gasteiger partial charge on any atom is -0.469 e. The van der Waals surface area contributed by atoms with Crippen LogP contribution in [0.1, 0.15) is 17.4 Å². The van der Waals surface area contributed by atoms with E-state index in [2.05, 4.69) is 15.9 Å².